The minimum atomic E-state index is -0.176. The van der Waals surface area contributed by atoms with Crippen LogP contribution in [0.2, 0.25) is 0 Å². The lowest BCUT2D eigenvalue weighted by molar-refractivity contribution is 0.0603. The summed E-state index contributed by atoms with van der Waals surface area (Å²) in [6.07, 6.45) is 3.76. The Kier molecular flexibility index (Phi) is 5.79. The lowest BCUT2D eigenvalue weighted by Gasteiger charge is -2.40. The zero-order valence-corrected chi connectivity index (χ0v) is 17.9. The Balaban J connectivity index is 1.22. The topological polar surface area (TPSA) is 56.8 Å². The van der Waals surface area contributed by atoms with Crippen LogP contribution in [0.1, 0.15) is 37.9 Å². The molecule has 32 heavy (non-hydrogen) atoms. The van der Waals surface area contributed by atoms with Crippen molar-refractivity contribution >= 4 is 11.8 Å². The van der Waals surface area contributed by atoms with E-state index in [1.54, 1.807) is 24.3 Å². The molecule has 0 aliphatic carbocycles. The fourth-order valence-electron chi connectivity index (χ4n) is 4.72. The lowest BCUT2D eigenvalue weighted by atomic mass is 9.98. The Morgan fingerprint density at radius 2 is 1.34 bits per heavy atom. The normalized spacial score (nSPS) is 18.1. The monoisotopic (exact) mass is 426 g/mol. The van der Waals surface area contributed by atoms with E-state index in [1.807, 2.05) is 24.5 Å². The molecule has 2 aliphatic heterocycles. The Bertz CT molecular complexity index is 1020. The number of piperazine rings is 1. The van der Waals surface area contributed by atoms with Crippen molar-refractivity contribution in [3.63, 3.8) is 0 Å². The second kappa shape index (κ2) is 9.02. The third kappa shape index (κ3) is 3.95. The molecule has 5 rings (SSSR count). The number of hydrogen-bond donors (Lipinski definition) is 0. The number of pyridine rings is 1. The van der Waals surface area contributed by atoms with Gasteiger partial charge in [-0.05, 0) is 29.3 Å². The van der Waals surface area contributed by atoms with E-state index in [1.165, 1.54) is 16.0 Å². The van der Waals surface area contributed by atoms with Crippen molar-refractivity contribution in [1.82, 2.24) is 19.7 Å². The highest BCUT2D eigenvalue weighted by atomic mass is 16.2. The van der Waals surface area contributed by atoms with Crippen LogP contribution in [0.3, 0.4) is 0 Å². The van der Waals surface area contributed by atoms with Gasteiger partial charge in [-0.3, -0.25) is 29.3 Å². The van der Waals surface area contributed by atoms with Crippen molar-refractivity contribution in [3.8, 4) is 0 Å². The van der Waals surface area contributed by atoms with Crippen LogP contribution in [0.15, 0.2) is 79.1 Å². The van der Waals surface area contributed by atoms with Crippen LogP contribution < -0.4 is 0 Å². The minimum Gasteiger partial charge on any atom is -0.299 e. The zero-order chi connectivity index (χ0) is 21.9. The molecule has 2 amide bonds. The summed E-state index contributed by atoms with van der Waals surface area (Å²) in [5, 5.41) is 0. The molecule has 1 fully saturated rings. The molecular weight excluding hydrogens is 400 g/mol. The van der Waals surface area contributed by atoms with E-state index in [2.05, 4.69) is 45.1 Å². The third-order valence-electron chi connectivity index (χ3n) is 6.41. The Hall–Kier alpha value is -3.35. The molecule has 1 saturated heterocycles. The van der Waals surface area contributed by atoms with E-state index in [0.717, 1.165) is 26.2 Å². The highest BCUT2D eigenvalue weighted by Gasteiger charge is 2.35. The molecule has 1 unspecified atom stereocenters. The Labute approximate surface area is 188 Å². The van der Waals surface area contributed by atoms with Gasteiger partial charge in [0.25, 0.3) is 11.8 Å². The number of carbonyl (C=O) groups is 2. The molecule has 0 saturated carbocycles. The second-order valence-electron chi connectivity index (χ2n) is 8.28. The van der Waals surface area contributed by atoms with Crippen molar-refractivity contribution in [2.75, 3.05) is 39.3 Å². The first kappa shape index (κ1) is 20.5. The van der Waals surface area contributed by atoms with Crippen LogP contribution >= 0.6 is 0 Å². The van der Waals surface area contributed by atoms with Crippen LogP contribution in [0.5, 0.6) is 0 Å². The number of fused-ring (bicyclic) bond motifs is 1. The van der Waals surface area contributed by atoms with Crippen LogP contribution in [0.4, 0.5) is 0 Å². The molecule has 1 aromatic heterocycles. The molecule has 0 radical (unpaired) electrons. The molecule has 0 N–H and O–H groups in total. The van der Waals surface area contributed by atoms with Gasteiger partial charge in [-0.15, -0.1) is 0 Å². The summed E-state index contributed by atoms with van der Waals surface area (Å²) in [4.78, 5) is 35.8. The van der Waals surface area contributed by atoms with Gasteiger partial charge in [0.15, 0.2) is 0 Å². The van der Waals surface area contributed by atoms with E-state index in [9.17, 15) is 9.59 Å². The smallest absolute Gasteiger partial charge is 0.261 e. The molecule has 1 atom stereocenters. The predicted molar refractivity (Wildman–Crippen MR) is 122 cm³/mol. The number of nitrogens with zero attached hydrogens (tertiary/aromatic N) is 4. The van der Waals surface area contributed by atoms with Crippen LogP contribution in [0.25, 0.3) is 0 Å². The predicted octanol–water partition coefficient (Wildman–Crippen LogP) is 3.08. The van der Waals surface area contributed by atoms with Gasteiger partial charge in [0.1, 0.15) is 0 Å². The van der Waals surface area contributed by atoms with Crippen molar-refractivity contribution in [1.29, 1.82) is 0 Å². The third-order valence-corrected chi connectivity index (χ3v) is 6.41. The number of aromatic nitrogens is 1. The van der Waals surface area contributed by atoms with Crippen LogP contribution in [-0.4, -0.2) is 70.8 Å². The van der Waals surface area contributed by atoms with E-state index in [-0.39, 0.29) is 17.9 Å². The van der Waals surface area contributed by atoms with Crippen LogP contribution in [-0.2, 0) is 0 Å². The first-order chi connectivity index (χ1) is 15.7. The minimum absolute atomic E-state index is 0.170. The first-order valence-corrected chi connectivity index (χ1v) is 11.1. The molecular formula is C26H26N4O2. The fraction of sp³-hybridized carbons (Fsp3) is 0.269. The van der Waals surface area contributed by atoms with Gasteiger partial charge >= 0.3 is 0 Å². The maximum absolute atomic E-state index is 12.6. The van der Waals surface area contributed by atoms with Gasteiger partial charge in [-0.1, -0.05) is 48.5 Å². The molecule has 6 nitrogen and oxygen atoms in total. The number of amides is 2. The molecule has 6 heteroatoms. The highest BCUT2D eigenvalue weighted by Crippen LogP contribution is 2.29. The van der Waals surface area contributed by atoms with Crippen molar-refractivity contribution in [2.24, 2.45) is 0 Å². The van der Waals surface area contributed by atoms with Gasteiger partial charge in [0.05, 0.1) is 17.2 Å². The standard InChI is InChI=1S/C26H26N4O2/c31-25-22-10-4-5-11-23(22)26(32)30(25)18-15-28-13-16-29(17-14-28)24(20-7-2-1-3-8-20)21-9-6-12-27-19-21/h1-12,19,24H,13-18H2. The molecule has 2 aromatic carbocycles. The van der Waals surface area contributed by atoms with E-state index >= 15 is 0 Å². The SMILES string of the molecule is O=C1c2ccccc2C(=O)N1CCN1CCN(C(c2ccccc2)c2cccnc2)CC1. The summed E-state index contributed by atoms with van der Waals surface area (Å²) >= 11 is 0. The summed E-state index contributed by atoms with van der Waals surface area (Å²) in [7, 11) is 0. The molecule has 2 aliphatic rings. The number of rotatable bonds is 6. The quantitative estimate of drug-likeness (QED) is 0.567. The lowest BCUT2D eigenvalue weighted by Crippen LogP contribution is -2.50. The van der Waals surface area contributed by atoms with Crippen molar-refractivity contribution in [3.05, 3.63) is 101 Å². The van der Waals surface area contributed by atoms with Crippen LogP contribution in [0, 0.1) is 0 Å². The first-order valence-electron chi connectivity index (χ1n) is 11.1. The second-order valence-corrected chi connectivity index (χ2v) is 8.28. The summed E-state index contributed by atoms with van der Waals surface area (Å²) in [5.74, 6) is -0.352. The number of carbonyl (C=O) groups excluding carboxylic acids is 2. The average molecular weight is 427 g/mol. The molecule has 162 valence electrons. The fourth-order valence-corrected chi connectivity index (χ4v) is 4.72. The maximum atomic E-state index is 12.6. The van der Waals surface area contributed by atoms with Gasteiger partial charge in [-0.25, -0.2) is 0 Å². The summed E-state index contributed by atoms with van der Waals surface area (Å²) in [6.45, 7) is 4.74. The summed E-state index contributed by atoms with van der Waals surface area (Å²) in [6, 6.07) is 21.9. The zero-order valence-electron chi connectivity index (χ0n) is 17.9. The van der Waals surface area contributed by atoms with Crippen molar-refractivity contribution < 1.29 is 9.59 Å². The van der Waals surface area contributed by atoms with Gasteiger partial charge in [0.2, 0.25) is 0 Å². The largest absolute Gasteiger partial charge is 0.299 e. The molecule has 0 spiro atoms. The average Bonchev–Trinajstić information content (AvgIpc) is 3.10. The maximum Gasteiger partial charge on any atom is 0.261 e. The Morgan fingerprint density at radius 1 is 0.719 bits per heavy atom. The number of benzene rings is 2. The molecule has 3 heterocycles. The van der Waals surface area contributed by atoms with E-state index < -0.39 is 0 Å². The Morgan fingerprint density at radius 3 is 1.97 bits per heavy atom. The van der Waals surface area contributed by atoms with Gasteiger partial charge < -0.3 is 0 Å². The molecule has 0 bridgehead atoms. The van der Waals surface area contributed by atoms with Gasteiger partial charge in [0, 0.05) is 51.7 Å². The summed E-state index contributed by atoms with van der Waals surface area (Å²) in [5.41, 5.74) is 3.49. The number of imide groups is 1. The van der Waals surface area contributed by atoms with E-state index in [4.69, 9.17) is 0 Å². The van der Waals surface area contributed by atoms with E-state index in [0.29, 0.717) is 24.2 Å². The molecule has 3 aromatic rings. The number of hydrogen-bond acceptors (Lipinski definition) is 5. The highest BCUT2D eigenvalue weighted by molar-refractivity contribution is 6.21. The van der Waals surface area contributed by atoms with Crippen molar-refractivity contribution in [2.45, 2.75) is 6.04 Å². The summed E-state index contributed by atoms with van der Waals surface area (Å²) < 4.78 is 0. The van der Waals surface area contributed by atoms with Gasteiger partial charge in [-0.2, -0.15) is 0 Å².